The van der Waals surface area contributed by atoms with Crippen molar-refractivity contribution in [3.8, 4) is 6.07 Å². The van der Waals surface area contributed by atoms with Crippen molar-refractivity contribution in [3.63, 3.8) is 0 Å². The van der Waals surface area contributed by atoms with Gasteiger partial charge in [-0.25, -0.2) is 12.7 Å². The van der Waals surface area contributed by atoms with Crippen LogP contribution in [0.25, 0.3) is 0 Å². The van der Waals surface area contributed by atoms with Gasteiger partial charge in [0.05, 0.1) is 6.07 Å². The van der Waals surface area contributed by atoms with E-state index in [0.29, 0.717) is 25.6 Å². The maximum absolute atomic E-state index is 11.5. The van der Waals surface area contributed by atoms with Gasteiger partial charge in [-0.15, -0.1) is 0 Å². The molecule has 1 aliphatic rings. The third kappa shape index (κ3) is 3.45. The van der Waals surface area contributed by atoms with E-state index in [1.807, 2.05) is 0 Å². The van der Waals surface area contributed by atoms with E-state index in [0.717, 1.165) is 12.8 Å². The summed E-state index contributed by atoms with van der Waals surface area (Å²) >= 11 is 0. The van der Waals surface area contributed by atoms with Crippen molar-refractivity contribution in [1.82, 2.24) is 4.31 Å². The number of sulfonamides is 1. The summed E-state index contributed by atoms with van der Waals surface area (Å²) in [7, 11) is -1.69. The highest BCUT2D eigenvalue weighted by molar-refractivity contribution is 7.89. The fourth-order valence-electron chi connectivity index (χ4n) is 1.76. The van der Waals surface area contributed by atoms with E-state index in [2.05, 4.69) is 0 Å². The van der Waals surface area contributed by atoms with Crippen molar-refractivity contribution in [3.05, 3.63) is 0 Å². The second-order valence-electron chi connectivity index (χ2n) is 3.71. The molecule has 6 heteroatoms. The topological polar surface area (TPSA) is 70.4 Å². The Kier molecular flexibility index (Phi) is 4.51. The number of methoxy groups -OCH3 is 1. The van der Waals surface area contributed by atoms with Crippen LogP contribution in [0.4, 0.5) is 0 Å². The van der Waals surface area contributed by atoms with Gasteiger partial charge in [0.2, 0.25) is 10.0 Å². The molecule has 1 saturated heterocycles. The summed E-state index contributed by atoms with van der Waals surface area (Å²) < 4.78 is 29.5. The van der Waals surface area contributed by atoms with Gasteiger partial charge in [-0.1, -0.05) is 0 Å². The monoisotopic (exact) mass is 232 g/mol. The molecule has 1 heterocycles. The van der Waals surface area contributed by atoms with E-state index >= 15 is 0 Å². The summed E-state index contributed by atoms with van der Waals surface area (Å²) in [6.07, 6.45) is 1.64. The quantitative estimate of drug-likeness (QED) is 0.694. The van der Waals surface area contributed by atoms with Crippen LogP contribution in [0.5, 0.6) is 0 Å². The van der Waals surface area contributed by atoms with Crippen LogP contribution in [0.2, 0.25) is 0 Å². The van der Waals surface area contributed by atoms with E-state index in [1.54, 1.807) is 13.2 Å². The fourth-order valence-corrected chi connectivity index (χ4v) is 2.88. The third-order valence-corrected chi connectivity index (χ3v) is 4.26. The van der Waals surface area contributed by atoms with Crippen LogP contribution in [-0.2, 0) is 14.8 Å². The zero-order valence-electron chi connectivity index (χ0n) is 8.85. The van der Waals surface area contributed by atoms with Crippen molar-refractivity contribution < 1.29 is 13.2 Å². The van der Waals surface area contributed by atoms with Crippen molar-refractivity contribution in [2.45, 2.75) is 12.8 Å². The highest BCUT2D eigenvalue weighted by Crippen LogP contribution is 2.19. The second kappa shape index (κ2) is 5.45. The predicted octanol–water partition coefficient (Wildman–Crippen LogP) is 0.198. The van der Waals surface area contributed by atoms with Gasteiger partial charge >= 0.3 is 0 Å². The van der Waals surface area contributed by atoms with Crippen LogP contribution in [0.1, 0.15) is 12.8 Å². The molecular weight excluding hydrogens is 216 g/mol. The van der Waals surface area contributed by atoms with E-state index in [9.17, 15) is 8.42 Å². The minimum Gasteiger partial charge on any atom is -0.384 e. The average molecular weight is 232 g/mol. The van der Waals surface area contributed by atoms with E-state index in [1.165, 1.54) is 4.31 Å². The first-order valence-electron chi connectivity index (χ1n) is 4.94. The van der Waals surface area contributed by atoms with Gasteiger partial charge in [0.25, 0.3) is 0 Å². The van der Waals surface area contributed by atoms with Crippen molar-refractivity contribution >= 4 is 10.0 Å². The molecule has 15 heavy (non-hydrogen) atoms. The molecule has 0 aromatic heterocycles. The zero-order valence-corrected chi connectivity index (χ0v) is 9.66. The minimum absolute atomic E-state index is 0.415. The zero-order chi connectivity index (χ0) is 11.3. The third-order valence-electron chi connectivity index (χ3n) is 2.62. The maximum atomic E-state index is 11.5. The lowest BCUT2D eigenvalue weighted by atomic mass is 9.99. The molecule has 0 aromatic rings. The Labute approximate surface area is 90.7 Å². The van der Waals surface area contributed by atoms with Gasteiger partial charge in [-0.3, -0.25) is 0 Å². The molecule has 0 aromatic carbocycles. The maximum Gasteiger partial charge on any atom is 0.227 e. The van der Waals surface area contributed by atoms with Crippen LogP contribution < -0.4 is 0 Å². The predicted molar refractivity (Wildman–Crippen MR) is 55.6 cm³/mol. The van der Waals surface area contributed by atoms with Crippen molar-refractivity contribution in [2.24, 2.45) is 5.92 Å². The molecule has 1 aliphatic heterocycles. The van der Waals surface area contributed by atoms with Crippen molar-refractivity contribution in [1.29, 1.82) is 5.26 Å². The fraction of sp³-hybridized carbons (Fsp3) is 0.889. The standard InChI is InChI=1S/C9H16N2O3S/c1-14-8-9-2-5-11(6-3-9)15(12,13)7-4-10/h9H,2-3,5-8H2,1H3. The number of nitrogens with zero attached hydrogens (tertiary/aromatic N) is 2. The Morgan fingerprint density at radius 3 is 2.53 bits per heavy atom. The van der Waals surface area contributed by atoms with Crippen LogP contribution in [0, 0.1) is 17.2 Å². The molecule has 86 valence electrons. The number of hydrogen-bond acceptors (Lipinski definition) is 4. The Bertz CT molecular complexity index is 326. The second-order valence-corrected chi connectivity index (χ2v) is 5.68. The Hall–Kier alpha value is -0.640. The van der Waals surface area contributed by atoms with Crippen molar-refractivity contribution in [2.75, 3.05) is 32.6 Å². The first kappa shape index (κ1) is 12.4. The van der Waals surface area contributed by atoms with Crippen LogP contribution in [0.3, 0.4) is 0 Å². The first-order valence-corrected chi connectivity index (χ1v) is 6.55. The molecule has 0 N–H and O–H groups in total. The molecule has 0 unspecified atom stereocenters. The Morgan fingerprint density at radius 1 is 1.47 bits per heavy atom. The Balaban J connectivity index is 2.47. The number of nitriles is 1. The number of ether oxygens (including phenoxy) is 1. The lowest BCUT2D eigenvalue weighted by Crippen LogP contribution is -2.40. The molecule has 0 bridgehead atoms. The molecule has 1 fully saturated rings. The average Bonchev–Trinajstić information content (AvgIpc) is 2.19. The summed E-state index contributed by atoms with van der Waals surface area (Å²) in [6.45, 7) is 1.71. The summed E-state index contributed by atoms with van der Waals surface area (Å²) in [5, 5.41) is 8.39. The molecule has 5 nitrogen and oxygen atoms in total. The van der Waals surface area contributed by atoms with Crippen LogP contribution >= 0.6 is 0 Å². The van der Waals surface area contributed by atoms with Gasteiger partial charge in [0, 0.05) is 26.8 Å². The van der Waals surface area contributed by atoms with Crippen LogP contribution in [-0.4, -0.2) is 45.3 Å². The number of piperidine rings is 1. The molecule has 0 aliphatic carbocycles. The highest BCUT2D eigenvalue weighted by Gasteiger charge is 2.27. The highest BCUT2D eigenvalue weighted by atomic mass is 32.2. The van der Waals surface area contributed by atoms with E-state index in [4.69, 9.17) is 10.00 Å². The first-order chi connectivity index (χ1) is 7.10. The molecule has 0 amide bonds. The summed E-state index contributed by atoms with van der Waals surface area (Å²) in [6, 6.07) is 1.69. The summed E-state index contributed by atoms with van der Waals surface area (Å²) in [4.78, 5) is 0. The normalized spacial score (nSPS) is 20.0. The molecule has 0 atom stereocenters. The SMILES string of the molecule is COCC1CCN(S(=O)(=O)CC#N)CC1. The molecule has 1 rings (SSSR count). The van der Waals surface area contributed by atoms with Gasteiger partial charge in [0.1, 0.15) is 0 Å². The van der Waals surface area contributed by atoms with Gasteiger partial charge in [0.15, 0.2) is 5.75 Å². The van der Waals surface area contributed by atoms with Gasteiger partial charge in [-0.2, -0.15) is 5.26 Å². The van der Waals surface area contributed by atoms with Gasteiger partial charge in [-0.05, 0) is 18.8 Å². The van der Waals surface area contributed by atoms with E-state index in [-0.39, 0.29) is 0 Å². The summed E-state index contributed by atoms with van der Waals surface area (Å²) in [5.74, 6) is 0.0330. The number of rotatable bonds is 4. The lowest BCUT2D eigenvalue weighted by Gasteiger charge is -2.30. The van der Waals surface area contributed by atoms with Gasteiger partial charge < -0.3 is 4.74 Å². The molecule has 0 spiro atoms. The van der Waals surface area contributed by atoms with Crippen LogP contribution in [0.15, 0.2) is 0 Å². The molecule has 0 saturated carbocycles. The molecular formula is C9H16N2O3S. The number of hydrogen-bond donors (Lipinski definition) is 0. The summed E-state index contributed by atoms with van der Waals surface area (Å²) in [5.41, 5.74) is 0. The van der Waals surface area contributed by atoms with E-state index < -0.39 is 15.8 Å². The smallest absolute Gasteiger partial charge is 0.227 e. The lowest BCUT2D eigenvalue weighted by molar-refractivity contribution is 0.121. The molecule has 0 radical (unpaired) electrons. The minimum atomic E-state index is -3.34. The largest absolute Gasteiger partial charge is 0.384 e. The Morgan fingerprint density at radius 2 is 2.07 bits per heavy atom.